The van der Waals surface area contributed by atoms with Gasteiger partial charge in [0.25, 0.3) is 0 Å². The summed E-state index contributed by atoms with van der Waals surface area (Å²) in [6.45, 7) is 4.48. The van der Waals surface area contributed by atoms with Crippen LogP contribution in [0.15, 0.2) is 35.1 Å². The van der Waals surface area contributed by atoms with Crippen molar-refractivity contribution in [1.82, 2.24) is 10.6 Å². The van der Waals surface area contributed by atoms with E-state index in [2.05, 4.69) is 10.6 Å². The molecule has 1 aromatic heterocycles. The largest absolute Gasteiger partial charge is 0.467 e. The lowest BCUT2D eigenvalue weighted by atomic mass is 10.2. The van der Waals surface area contributed by atoms with Crippen molar-refractivity contribution in [1.29, 1.82) is 0 Å². The summed E-state index contributed by atoms with van der Waals surface area (Å²) >= 11 is 0. The van der Waals surface area contributed by atoms with Crippen LogP contribution in [-0.4, -0.2) is 6.03 Å². The minimum absolute atomic E-state index is 0.233. The summed E-state index contributed by atoms with van der Waals surface area (Å²) in [6, 6.07) is 3.36. The third kappa shape index (κ3) is 4.90. The molecule has 0 aromatic carbocycles. The molecule has 2 N–H and O–H groups in total. The molecule has 2 amide bonds. The highest BCUT2D eigenvalue weighted by molar-refractivity contribution is 5.74. The van der Waals surface area contributed by atoms with Crippen LogP contribution < -0.4 is 10.6 Å². The number of allylic oxidation sites excluding steroid dienone is 1. The molecule has 0 saturated carbocycles. The Hall–Kier alpha value is -1.71. The lowest BCUT2D eigenvalue weighted by molar-refractivity contribution is 0.242. The van der Waals surface area contributed by atoms with E-state index < -0.39 is 0 Å². The van der Waals surface area contributed by atoms with Crippen molar-refractivity contribution in [3.05, 3.63) is 36.4 Å². The first-order valence-electron chi connectivity index (χ1n) is 4.92. The molecule has 0 radical (unpaired) electrons. The van der Waals surface area contributed by atoms with E-state index in [9.17, 15) is 4.79 Å². The predicted molar refractivity (Wildman–Crippen MR) is 58.1 cm³/mol. The minimum Gasteiger partial charge on any atom is -0.467 e. The molecule has 0 saturated heterocycles. The summed E-state index contributed by atoms with van der Waals surface area (Å²) in [5.74, 6) is 1.16. The number of rotatable bonds is 4. The fraction of sp³-hybridized carbons (Fsp3) is 0.364. The molecule has 0 fully saturated rings. The van der Waals surface area contributed by atoms with Crippen molar-refractivity contribution < 1.29 is 9.21 Å². The number of carbonyl (C=O) groups is 1. The number of carbonyl (C=O) groups excluding carboxylic acids is 1. The Morgan fingerprint density at radius 3 is 3.00 bits per heavy atom. The Balaban J connectivity index is 2.19. The van der Waals surface area contributed by atoms with E-state index in [-0.39, 0.29) is 6.03 Å². The molecule has 4 heteroatoms. The minimum atomic E-state index is -0.233. The number of nitrogens with one attached hydrogen (secondary N) is 2. The van der Waals surface area contributed by atoms with Gasteiger partial charge in [0.15, 0.2) is 0 Å². The first kappa shape index (κ1) is 11.4. The summed E-state index contributed by atoms with van der Waals surface area (Å²) < 4.78 is 5.07. The van der Waals surface area contributed by atoms with Crippen LogP contribution in [0.25, 0.3) is 0 Å². The molecule has 1 heterocycles. The average Bonchev–Trinajstić information content (AvgIpc) is 2.66. The van der Waals surface area contributed by atoms with Gasteiger partial charge in [0.05, 0.1) is 12.8 Å². The Morgan fingerprint density at radius 1 is 1.60 bits per heavy atom. The van der Waals surface area contributed by atoms with Gasteiger partial charge in [-0.15, -0.1) is 0 Å². The summed E-state index contributed by atoms with van der Waals surface area (Å²) in [5.41, 5.74) is 0. The lowest BCUT2D eigenvalue weighted by Gasteiger charge is -2.02. The van der Waals surface area contributed by atoms with E-state index >= 15 is 0 Å². The molecule has 4 nitrogen and oxygen atoms in total. The summed E-state index contributed by atoms with van der Waals surface area (Å²) in [5, 5.41) is 5.27. The zero-order valence-corrected chi connectivity index (χ0v) is 8.99. The van der Waals surface area contributed by atoms with E-state index in [0.717, 1.165) is 5.76 Å². The van der Waals surface area contributed by atoms with Crippen molar-refractivity contribution >= 4 is 6.03 Å². The van der Waals surface area contributed by atoms with Crippen molar-refractivity contribution in [2.24, 2.45) is 5.92 Å². The molecule has 1 aromatic rings. The zero-order valence-electron chi connectivity index (χ0n) is 8.99. The number of furan rings is 1. The number of amides is 2. The third-order valence-electron chi connectivity index (χ3n) is 1.70. The highest BCUT2D eigenvalue weighted by atomic mass is 16.3. The fourth-order valence-electron chi connectivity index (χ4n) is 0.948. The van der Waals surface area contributed by atoms with Crippen LogP contribution in [0.2, 0.25) is 0 Å². The summed E-state index contributed by atoms with van der Waals surface area (Å²) in [6.07, 6.45) is 5.13. The molecule has 0 spiro atoms. The Kier molecular flexibility index (Phi) is 4.47. The molecular formula is C11H16N2O2. The number of hydrogen-bond donors (Lipinski definition) is 2. The van der Waals surface area contributed by atoms with Crippen LogP contribution in [0.4, 0.5) is 4.79 Å². The highest BCUT2D eigenvalue weighted by Gasteiger charge is 1.98. The van der Waals surface area contributed by atoms with Gasteiger partial charge in [0.1, 0.15) is 5.76 Å². The molecule has 0 aliphatic carbocycles. The molecular weight excluding hydrogens is 192 g/mol. The van der Waals surface area contributed by atoms with Crippen molar-refractivity contribution in [3.8, 4) is 0 Å². The molecule has 15 heavy (non-hydrogen) atoms. The van der Waals surface area contributed by atoms with E-state index in [0.29, 0.717) is 12.5 Å². The Morgan fingerprint density at radius 2 is 2.40 bits per heavy atom. The highest BCUT2D eigenvalue weighted by Crippen LogP contribution is 1.98. The molecule has 1 rings (SSSR count). The first-order chi connectivity index (χ1) is 7.18. The maximum absolute atomic E-state index is 11.2. The maximum atomic E-state index is 11.2. The van der Waals surface area contributed by atoms with Crippen molar-refractivity contribution in [2.45, 2.75) is 20.4 Å². The Bertz CT molecular complexity index is 315. The quantitative estimate of drug-likeness (QED) is 0.797. The summed E-state index contributed by atoms with van der Waals surface area (Å²) in [7, 11) is 0. The molecule has 0 atom stereocenters. The van der Waals surface area contributed by atoms with Crippen molar-refractivity contribution in [2.75, 3.05) is 0 Å². The topological polar surface area (TPSA) is 54.3 Å². The van der Waals surface area contributed by atoms with Gasteiger partial charge in [0.2, 0.25) is 0 Å². The van der Waals surface area contributed by atoms with Crippen LogP contribution in [0.5, 0.6) is 0 Å². The normalized spacial score (nSPS) is 10.9. The lowest BCUT2D eigenvalue weighted by Crippen LogP contribution is -2.31. The van der Waals surface area contributed by atoms with E-state index in [1.165, 1.54) is 0 Å². The van der Waals surface area contributed by atoms with Crippen LogP contribution in [0.3, 0.4) is 0 Å². The smallest absolute Gasteiger partial charge is 0.319 e. The SMILES string of the molecule is CC(C)/C=C/NC(=O)NCc1ccco1. The molecule has 0 bridgehead atoms. The van der Waals surface area contributed by atoms with E-state index in [4.69, 9.17) is 4.42 Å². The third-order valence-corrected chi connectivity index (χ3v) is 1.70. The van der Waals surface area contributed by atoms with Crippen LogP contribution in [0.1, 0.15) is 19.6 Å². The zero-order chi connectivity index (χ0) is 11.1. The number of hydrogen-bond acceptors (Lipinski definition) is 2. The Labute approximate surface area is 89.4 Å². The van der Waals surface area contributed by atoms with Gasteiger partial charge in [-0.25, -0.2) is 4.79 Å². The molecule has 0 aliphatic rings. The van der Waals surface area contributed by atoms with Gasteiger partial charge in [-0.2, -0.15) is 0 Å². The number of urea groups is 1. The van der Waals surface area contributed by atoms with E-state index in [1.54, 1.807) is 18.5 Å². The van der Waals surface area contributed by atoms with Gasteiger partial charge in [-0.1, -0.05) is 19.9 Å². The first-order valence-corrected chi connectivity index (χ1v) is 4.92. The van der Waals surface area contributed by atoms with Gasteiger partial charge in [-0.3, -0.25) is 0 Å². The monoisotopic (exact) mass is 208 g/mol. The van der Waals surface area contributed by atoms with Crippen LogP contribution in [-0.2, 0) is 6.54 Å². The van der Waals surface area contributed by atoms with Crippen molar-refractivity contribution in [3.63, 3.8) is 0 Å². The second kappa shape index (κ2) is 5.90. The van der Waals surface area contributed by atoms with E-state index in [1.807, 2.05) is 26.0 Å². The molecule has 82 valence electrons. The summed E-state index contributed by atoms with van der Waals surface area (Å²) in [4.78, 5) is 11.2. The van der Waals surface area contributed by atoms with Gasteiger partial charge in [0, 0.05) is 6.20 Å². The predicted octanol–water partition coefficient (Wildman–Crippen LogP) is 2.25. The van der Waals surface area contributed by atoms with Gasteiger partial charge >= 0.3 is 6.03 Å². The fourth-order valence-corrected chi connectivity index (χ4v) is 0.948. The second-order valence-corrected chi connectivity index (χ2v) is 3.51. The van der Waals surface area contributed by atoms with Gasteiger partial charge < -0.3 is 15.1 Å². The van der Waals surface area contributed by atoms with Crippen LogP contribution in [0, 0.1) is 5.92 Å². The standard InChI is InChI=1S/C11H16N2O2/c1-9(2)5-6-12-11(14)13-8-10-4-3-7-15-10/h3-7,9H,8H2,1-2H3,(H2,12,13,14)/b6-5+. The average molecular weight is 208 g/mol. The molecule has 0 aliphatic heterocycles. The molecule has 0 unspecified atom stereocenters. The van der Waals surface area contributed by atoms with Gasteiger partial charge in [-0.05, 0) is 18.1 Å². The second-order valence-electron chi connectivity index (χ2n) is 3.51. The maximum Gasteiger partial charge on any atom is 0.319 e. The van der Waals surface area contributed by atoms with Crippen LogP contribution >= 0.6 is 0 Å².